The van der Waals surface area contributed by atoms with E-state index in [1.165, 1.54) is 48.5 Å². The first-order chi connectivity index (χ1) is 12.6. The summed E-state index contributed by atoms with van der Waals surface area (Å²) in [5, 5.41) is 5.06. The molecule has 0 bridgehead atoms. The van der Waals surface area contributed by atoms with Gasteiger partial charge in [0.25, 0.3) is 0 Å². The molecule has 0 aliphatic rings. The lowest BCUT2D eigenvalue weighted by Crippen LogP contribution is -2.11. The normalized spacial score (nSPS) is 12.3. The summed E-state index contributed by atoms with van der Waals surface area (Å²) in [6.45, 7) is 0. The molecule has 0 saturated heterocycles. The molecule has 27 heavy (non-hydrogen) atoms. The second-order valence-corrected chi connectivity index (χ2v) is 10.1. The van der Waals surface area contributed by atoms with Crippen LogP contribution >= 0.6 is 11.3 Å². The molecule has 0 spiro atoms. The Kier molecular flexibility index (Phi) is 5.12. The number of primary sulfonamides is 1. The van der Waals surface area contributed by atoms with Gasteiger partial charge in [0.05, 0.1) is 15.5 Å². The van der Waals surface area contributed by atoms with Gasteiger partial charge in [-0.1, -0.05) is 24.3 Å². The van der Waals surface area contributed by atoms with Crippen molar-refractivity contribution in [3.05, 3.63) is 54.3 Å². The van der Waals surface area contributed by atoms with E-state index in [0.29, 0.717) is 16.0 Å². The molecule has 0 saturated carbocycles. The van der Waals surface area contributed by atoms with Crippen LogP contribution in [-0.2, 0) is 19.9 Å². The predicted octanol–water partition coefficient (Wildman–Crippen LogP) is 2.96. The molecular formula is C16H12F2N2O4S3. The molecule has 0 aliphatic carbocycles. The summed E-state index contributed by atoms with van der Waals surface area (Å²) in [5.41, 5.74) is 1.10. The molecule has 2 N–H and O–H groups in total. The third-order valence-corrected chi connectivity index (χ3v) is 7.33. The van der Waals surface area contributed by atoms with E-state index in [0.717, 1.165) is 11.3 Å². The van der Waals surface area contributed by atoms with Crippen molar-refractivity contribution in [2.45, 2.75) is 9.24 Å². The van der Waals surface area contributed by atoms with Gasteiger partial charge in [0.2, 0.25) is 24.2 Å². The Hall–Kier alpha value is -2.21. The largest absolute Gasteiger partial charge is 0.238 e. The number of aromatic nitrogens is 1. The van der Waals surface area contributed by atoms with Gasteiger partial charge in [0.15, 0.2) is 6.01 Å². The molecule has 2 aromatic carbocycles. The van der Waals surface area contributed by atoms with Crippen LogP contribution < -0.4 is 5.14 Å². The first-order valence-electron chi connectivity index (χ1n) is 7.30. The van der Waals surface area contributed by atoms with Crippen molar-refractivity contribution in [1.29, 1.82) is 0 Å². The van der Waals surface area contributed by atoms with Crippen molar-refractivity contribution in [1.82, 2.24) is 4.98 Å². The van der Waals surface area contributed by atoms with Gasteiger partial charge in [-0.05, 0) is 29.8 Å². The highest BCUT2D eigenvalue weighted by atomic mass is 32.2. The van der Waals surface area contributed by atoms with Crippen molar-refractivity contribution in [3.8, 4) is 21.7 Å². The van der Waals surface area contributed by atoms with E-state index in [9.17, 15) is 25.6 Å². The zero-order chi connectivity index (χ0) is 19.8. The van der Waals surface area contributed by atoms with Crippen LogP contribution in [0.25, 0.3) is 21.7 Å². The number of benzene rings is 2. The number of hydrogen-bond acceptors (Lipinski definition) is 6. The number of sulfonamides is 1. The maximum Gasteiger partial charge on any atom is 0.238 e. The first-order valence-corrected chi connectivity index (χ1v) is 11.3. The van der Waals surface area contributed by atoms with Crippen LogP contribution in [0.5, 0.6) is 0 Å². The molecule has 0 amide bonds. The van der Waals surface area contributed by atoms with Gasteiger partial charge in [-0.3, -0.25) is 0 Å². The third kappa shape index (κ3) is 4.05. The SMILES string of the molecule is NS(=O)(=O)c1ccc(-c2nc(S(=O)(=O)CF)sc2-c2ccc(F)cc2)cc1. The van der Waals surface area contributed by atoms with Gasteiger partial charge in [0, 0.05) is 5.56 Å². The van der Waals surface area contributed by atoms with Crippen LogP contribution in [0.3, 0.4) is 0 Å². The molecule has 11 heteroatoms. The van der Waals surface area contributed by atoms with Gasteiger partial charge < -0.3 is 0 Å². The van der Waals surface area contributed by atoms with E-state index in [1.54, 1.807) is 0 Å². The minimum Gasteiger partial charge on any atom is -0.233 e. The average Bonchev–Trinajstić information content (AvgIpc) is 3.08. The molecule has 1 heterocycles. The topological polar surface area (TPSA) is 107 Å². The summed E-state index contributed by atoms with van der Waals surface area (Å²) < 4.78 is 72.2. The summed E-state index contributed by atoms with van der Waals surface area (Å²) in [6.07, 6.45) is 0. The van der Waals surface area contributed by atoms with Crippen LogP contribution in [0.1, 0.15) is 0 Å². The number of alkyl halides is 1. The van der Waals surface area contributed by atoms with Crippen molar-refractivity contribution < 1.29 is 25.6 Å². The zero-order valence-electron chi connectivity index (χ0n) is 13.5. The van der Waals surface area contributed by atoms with Crippen molar-refractivity contribution in [2.75, 3.05) is 6.01 Å². The first kappa shape index (κ1) is 19.5. The number of thiazole rings is 1. The fourth-order valence-electron chi connectivity index (χ4n) is 2.28. The predicted molar refractivity (Wildman–Crippen MR) is 97.5 cm³/mol. The molecule has 3 rings (SSSR count). The summed E-state index contributed by atoms with van der Waals surface area (Å²) in [5.74, 6) is -0.473. The lowest BCUT2D eigenvalue weighted by Gasteiger charge is -2.04. The fourth-order valence-corrected chi connectivity index (χ4v) is 4.83. The van der Waals surface area contributed by atoms with Gasteiger partial charge in [0.1, 0.15) is 5.82 Å². The number of rotatable bonds is 5. The molecular weight excluding hydrogens is 418 g/mol. The van der Waals surface area contributed by atoms with E-state index in [-0.39, 0.29) is 10.6 Å². The number of hydrogen-bond donors (Lipinski definition) is 1. The van der Waals surface area contributed by atoms with E-state index in [2.05, 4.69) is 4.98 Å². The van der Waals surface area contributed by atoms with Crippen LogP contribution in [0.4, 0.5) is 8.78 Å². The summed E-state index contributed by atoms with van der Waals surface area (Å²) in [7, 11) is -8.10. The Morgan fingerprint density at radius 2 is 1.48 bits per heavy atom. The van der Waals surface area contributed by atoms with Crippen molar-refractivity contribution >= 4 is 31.2 Å². The molecule has 142 valence electrons. The maximum absolute atomic E-state index is 13.2. The highest BCUT2D eigenvalue weighted by Gasteiger charge is 2.24. The monoisotopic (exact) mass is 430 g/mol. The molecule has 3 aromatic rings. The smallest absolute Gasteiger partial charge is 0.233 e. The van der Waals surface area contributed by atoms with Crippen molar-refractivity contribution in [2.24, 2.45) is 5.14 Å². The summed E-state index contributed by atoms with van der Waals surface area (Å²) in [4.78, 5) is 4.29. The van der Waals surface area contributed by atoms with Gasteiger partial charge in [-0.2, -0.15) is 0 Å². The molecule has 0 fully saturated rings. The Labute approximate surface area is 158 Å². The highest BCUT2D eigenvalue weighted by Crippen LogP contribution is 2.39. The van der Waals surface area contributed by atoms with E-state index in [4.69, 9.17) is 5.14 Å². The fraction of sp³-hybridized carbons (Fsp3) is 0.0625. The van der Waals surface area contributed by atoms with Gasteiger partial charge in [-0.15, -0.1) is 11.3 Å². The minimum absolute atomic E-state index is 0.124. The molecule has 0 atom stereocenters. The summed E-state index contributed by atoms with van der Waals surface area (Å²) >= 11 is 0.750. The Balaban J connectivity index is 2.20. The molecule has 6 nitrogen and oxygen atoms in total. The number of halogens is 2. The highest BCUT2D eigenvalue weighted by molar-refractivity contribution is 7.93. The Morgan fingerprint density at radius 3 is 2.00 bits per heavy atom. The van der Waals surface area contributed by atoms with Gasteiger partial charge in [-0.25, -0.2) is 35.7 Å². The van der Waals surface area contributed by atoms with Gasteiger partial charge >= 0.3 is 0 Å². The van der Waals surface area contributed by atoms with Crippen LogP contribution in [0.2, 0.25) is 0 Å². The lowest BCUT2D eigenvalue weighted by atomic mass is 10.1. The van der Waals surface area contributed by atoms with Crippen LogP contribution in [-0.4, -0.2) is 27.8 Å². The number of sulfone groups is 1. The second-order valence-electron chi connectivity index (χ2n) is 5.46. The molecule has 0 aliphatic heterocycles. The number of nitrogens with zero attached hydrogens (tertiary/aromatic N) is 1. The Bertz CT molecular complexity index is 1190. The van der Waals surface area contributed by atoms with E-state index in [1.807, 2.05) is 0 Å². The second kappa shape index (κ2) is 7.08. The Morgan fingerprint density at radius 1 is 0.926 bits per heavy atom. The quantitative estimate of drug-likeness (QED) is 0.670. The molecule has 1 aromatic heterocycles. The van der Waals surface area contributed by atoms with E-state index >= 15 is 0 Å². The standard InChI is InChI=1S/C16H12F2N2O4S3/c17-9-26(21,22)16-20-14(10-3-7-13(8-4-10)27(19,23)24)15(25-16)11-1-5-12(18)6-2-11/h1-8H,9H2,(H2,19,23,24). The average molecular weight is 430 g/mol. The van der Waals surface area contributed by atoms with Crippen LogP contribution in [0.15, 0.2) is 57.8 Å². The van der Waals surface area contributed by atoms with E-state index < -0.39 is 36.0 Å². The molecule has 0 unspecified atom stereocenters. The zero-order valence-corrected chi connectivity index (χ0v) is 15.9. The summed E-state index contributed by atoms with van der Waals surface area (Å²) in [6, 6.07) is 9.00. The lowest BCUT2D eigenvalue weighted by molar-refractivity contribution is 0.534. The van der Waals surface area contributed by atoms with Crippen LogP contribution in [0, 0.1) is 5.82 Å². The maximum atomic E-state index is 13.2. The molecule has 0 radical (unpaired) electrons. The third-order valence-electron chi connectivity index (χ3n) is 3.58. The minimum atomic E-state index is -4.20. The van der Waals surface area contributed by atoms with Crippen molar-refractivity contribution in [3.63, 3.8) is 0 Å². The number of nitrogens with two attached hydrogens (primary N) is 1.